The van der Waals surface area contributed by atoms with Gasteiger partial charge in [-0.3, -0.25) is 0 Å². The molecule has 0 radical (unpaired) electrons. The molecule has 0 heterocycles. The van der Waals surface area contributed by atoms with Crippen molar-refractivity contribution in [1.82, 2.24) is 0 Å². The maximum absolute atomic E-state index is 12.3. The van der Waals surface area contributed by atoms with Crippen LogP contribution in [0.1, 0.15) is 125 Å². The molecule has 12 nitrogen and oxygen atoms in total. The van der Waals surface area contributed by atoms with E-state index in [-0.39, 0.29) is 28.7 Å². The van der Waals surface area contributed by atoms with Crippen LogP contribution in [0.4, 0.5) is 9.59 Å². The molecule has 0 aromatic heterocycles. The van der Waals surface area contributed by atoms with Crippen LogP contribution in [0.25, 0.3) is 0 Å². The summed E-state index contributed by atoms with van der Waals surface area (Å²) in [4.78, 5) is 67.8. The van der Waals surface area contributed by atoms with Crippen molar-refractivity contribution >= 4 is 24.2 Å². The standard InChI is InChI=1S/C39H52O12/c1-5-7-25-44-31-17-9-27(10-18-31)35(40)48-50-37(42)46-33-21-13-29(14-22-33)39(3,4)30-15-23-34(24-16-30)47-38(43)51-49-36(41)28-11-19-32(20-12-28)45-26-8-6-2/h9-12,17-20,29-30,33-34H,5-8,13-16,21-26H2,1-4H3. The predicted octanol–water partition coefficient (Wildman–Crippen LogP) is 9.34. The molecule has 2 aliphatic carbocycles. The Morgan fingerprint density at radius 2 is 0.902 bits per heavy atom. The Morgan fingerprint density at radius 1 is 0.549 bits per heavy atom. The van der Waals surface area contributed by atoms with E-state index in [9.17, 15) is 19.2 Å². The van der Waals surface area contributed by atoms with Gasteiger partial charge in [0, 0.05) is 0 Å². The molecule has 12 heteroatoms. The van der Waals surface area contributed by atoms with E-state index < -0.39 is 24.2 Å². The molecule has 0 N–H and O–H groups in total. The molecule has 51 heavy (non-hydrogen) atoms. The highest BCUT2D eigenvalue weighted by molar-refractivity contribution is 5.90. The van der Waals surface area contributed by atoms with Gasteiger partial charge in [-0.2, -0.15) is 9.59 Å². The van der Waals surface area contributed by atoms with Crippen LogP contribution in [0.5, 0.6) is 11.5 Å². The van der Waals surface area contributed by atoms with Gasteiger partial charge < -0.3 is 18.9 Å². The lowest BCUT2D eigenvalue weighted by Gasteiger charge is -2.46. The maximum atomic E-state index is 12.3. The van der Waals surface area contributed by atoms with E-state index in [4.69, 9.17) is 28.7 Å². The SMILES string of the molecule is CCCCOc1ccc(C(=O)OOC(=O)OC2CCC(C(C)(C)C3CCC(OC(=O)OOC(=O)c4ccc(OCCCC)cc4)CC3)CC2)cc1. The van der Waals surface area contributed by atoms with Crippen molar-refractivity contribution in [2.24, 2.45) is 17.3 Å². The Balaban J connectivity index is 1.10. The summed E-state index contributed by atoms with van der Waals surface area (Å²) in [7, 11) is 0. The summed E-state index contributed by atoms with van der Waals surface area (Å²) < 4.78 is 22.0. The zero-order valence-electron chi connectivity index (χ0n) is 30.2. The first-order chi connectivity index (χ1) is 24.6. The average Bonchev–Trinajstić information content (AvgIpc) is 3.14. The molecule has 0 amide bonds. The number of unbranched alkanes of at least 4 members (excludes halogenated alkanes) is 2. The number of rotatable bonds is 14. The Bertz CT molecular complexity index is 1280. The smallest absolute Gasteiger partial charge is 0.494 e. The molecule has 0 atom stereocenters. The van der Waals surface area contributed by atoms with Crippen LogP contribution in [-0.2, 0) is 29.0 Å². The molecule has 2 aromatic carbocycles. The molecule has 2 saturated carbocycles. The number of hydrogen-bond donors (Lipinski definition) is 0. The van der Waals surface area contributed by atoms with Crippen molar-refractivity contribution in [2.45, 2.75) is 117 Å². The van der Waals surface area contributed by atoms with Crippen LogP contribution >= 0.6 is 0 Å². The molecule has 0 unspecified atom stereocenters. The number of carbonyl (C=O) groups excluding carboxylic acids is 4. The number of carbonyl (C=O) groups is 4. The van der Waals surface area contributed by atoms with Gasteiger partial charge in [-0.15, -0.1) is 0 Å². The summed E-state index contributed by atoms with van der Waals surface area (Å²) in [5, 5.41) is 0. The van der Waals surface area contributed by atoms with Crippen molar-refractivity contribution in [3.8, 4) is 11.5 Å². The second-order valence-corrected chi connectivity index (χ2v) is 13.9. The second kappa shape index (κ2) is 19.8. The summed E-state index contributed by atoms with van der Waals surface area (Å²) >= 11 is 0. The normalized spacial score (nSPS) is 20.3. The van der Waals surface area contributed by atoms with Crippen LogP contribution in [0, 0.1) is 17.3 Å². The van der Waals surface area contributed by atoms with Crippen LogP contribution < -0.4 is 9.47 Å². The van der Waals surface area contributed by atoms with E-state index in [1.807, 2.05) is 0 Å². The zero-order chi connectivity index (χ0) is 36.6. The van der Waals surface area contributed by atoms with E-state index in [1.54, 1.807) is 48.5 Å². The quantitative estimate of drug-likeness (QED) is 0.0797. The van der Waals surface area contributed by atoms with Gasteiger partial charge in [0.1, 0.15) is 23.7 Å². The van der Waals surface area contributed by atoms with Crippen molar-refractivity contribution in [1.29, 1.82) is 0 Å². The Morgan fingerprint density at radius 3 is 1.24 bits per heavy atom. The van der Waals surface area contributed by atoms with E-state index in [1.165, 1.54) is 0 Å². The molecular formula is C39H52O12. The first-order valence-electron chi connectivity index (χ1n) is 18.2. The third kappa shape index (κ3) is 12.4. The molecular weight excluding hydrogens is 660 g/mol. The van der Waals surface area contributed by atoms with Gasteiger partial charge in [-0.25, -0.2) is 29.1 Å². The molecule has 0 saturated heterocycles. The fourth-order valence-electron chi connectivity index (χ4n) is 6.78. The fraction of sp³-hybridized carbons (Fsp3) is 0.590. The van der Waals surface area contributed by atoms with Gasteiger partial charge in [0.15, 0.2) is 0 Å². The lowest BCUT2D eigenvalue weighted by atomic mass is 9.60. The molecule has 2 aromatic rings. The first-order valence-corrected chi connectivity index (χ1v) is 18.2. The van der Waals surface area contributed by atoms with Crippen LogP contribution in [-0.4, -0.2) is 49.7 Å². The molecule has 0 bridgehead atoms. The third-order valence-electron chi connectivity index (χ3n) is 10.1. The van der Waals surface area contributed by atoms with Crippen LogP contribution in [0.3, 0.4) is 0 Å². The predicted molar refractivity (Wildman–Crippen MR) is 185 cm³/mol. The van der Waals surface area contributed by atoms with Crippen molar-refractivity contribution in [3.05, 3.63) is 59.7 Å². The number of hydrogen-bond acceptors (Lipinski definition) is 12. The maximum Gasteiger partial charge on any atom is 0.550 e. The van der Waals surface area contributed by atoms with E-state index in [0.717, 1.165) is 51.4 Å². The van der Waals surface area contributed by atoms with E-state index in [2.05, 4.69) is 37.5 Å². The lowest BCUT2D eigenvalue weighted by molar-refractivity contribution is -0.209. The number of ether oxygens (including phenoxy) is 4. The summed E-state index contributed by atoms with van der Waals surface area (Å²) in [6.45, 7) is 9.90. The highest BCUT2D eigenvalue weighted by atomic mass is 17.2. The largest absolute Gasteiger partial charge is 0.550 e. The van der Waals surface area contributed by atoms with Crippen LogP contribution in [0.15, 0.2) is 48.5 Å². The molecule has 2 aliphatic rings. The fourth-order valence-corrected chi connectivity index (χ4v) is 6.78. The topological polar surface area (TPSA) is 142 Å². The monoisotopic (exact) mass is 712 g/mol. The van der Waals surface area contributed by atoms with Crippen molar-refractivity contribution < 1.29 is 57.7 Å². The third-order valence-corrected chi connectivity index (χ3v) is 10.1. The van der Waals surface area contributed by atoms with Crippen molar-refractivity contribution in [2.75, 3.05) is 13.2 Å². The molecule has 4 rings (SSSR count). The minimum atomic E-state index is -1.04. The minimum Gasteiger partial charge on any atom is -0.494 e. The highest BCUT2D eigenvalue weighted by Crippen LogP contribution is 2.49. The summed E-state index contributed by atoms with van der Waals surface area (Å²) in [6, 6.07) is 12.8. The van der Waals surface area contributed by atoms with Gasteiger partial charge >= 0.3 is 24.2 Å². The molecule has 0 spiro atoms. The summed E-state index contributed by atoms with van der Waals surface area (Å²) in [6.07, 6.45) is 7.40. The Labute approximate surface area is 300 Å². The summed E-state index contributed by atoms with van der Waals surface area (Å²) in [5.74, 6) is 0.526. The first kappa shape index (κ1) is 39.3. The average molecular weight is 713 g/mol. The minimum absolute atomic E-state index is 0.0230. The lowest BCUT2D eigenvalue weighted by Crippen LogP contribution is -2.39. The van der Waals surface area contributed by atoms with E-state index in [0.29, 0.717) is 62.2 Å². The summed E-state index contributed by atoms with van der Waals surface area (Å²) in [5.41, 5.74) is 0.469. The van der Waals surface area contributed by atoms with Gasteiger partial charge in [0.2, 0.25) is 0 Å². The molecule has 280 valence electrons. The Hall–Kier alpha value is -4.48. The van der Waals surface area contributed by atoms with Gasteiger partial charge in [0.25, 0.3) is 0 Å². The van der Waals surface area contributed by atoms with E-state index >= 15 is 0 Å². The van der Waals surface area contributed by atoms with Crippen LogP contribution in [0.2, 0.25) is 0 Å². The highest BCUT2D eigenvalue weighted by Gasteiger charge is 2.41. The van der Waals surface area contributed by atoms with Gasteiger partial charge in [0.05, 0.1) is 24.3 Å². The Kier molecular flexibility index (Phi) is 15.3. The number of benzene rings is 2. The van der Waals surface area contributed by atoms with Crippen molar-refractivity contribution in [3.63, 3.8) is 0 Å². The van der Waals surface area contributed by atoms with Gasteiger partial charge in [-0.1, -0.05) is 40.5 Å². The van der Waals surface area contributed by atoms with Gasteiger partial charge in [-0.05, 0) is 130 Å². The zero-order valence-corrected chi connectivity index (χ0v) is 30.2. The molecule has 0 aliphatic heterocycles. The molecule has 2 fully saturated rings. The second-order valence-electron chi connectivity index (χ2n) is 13.9.